The highest BCUT2D eigenvalue weighted by Crippen LogP contribution is 2.34. The van der Waals surface area contributed by atoms with E-state index in [0.29, 0.717) is 16.6 Å². The molecule has 0 bridgehead atoms. The smallest absolute Gasteiger partial charge is 0.165 e. The minimum absolute atomic E-state index is 0.282. The molecule has 1 aliphatic rings. The van der Waals surface area contributed by atoms with Gasteiger partial charge in [-0.15, -0.1) is 0 Å². The van der Waals surface area contributed by atoms with E-state index in [1.54, 1.807) is 7.11 Å². The minimum Gasteiger partial charge on any atom is -0.504 e. The lowest BCUT2D eigenvalue weighted by atomic mass is 10.2. The Bertz CT molecular complexity index is 357. The van der Waals surface area contributed by atoms with Gasteiger partial charge in [0.2, 0.25) is 0 Å². The number of phenols is 1. The van der Waals surface area contributed by atoms with Crippen molar-refractivity contribution in [2.45, 2.75) is 24.7 Å². The summed E-state index contributed by atoms with van der Waals surface area (Å²) in [6, 6.07) is 4.10. The zero-order valence-corrected chi connectivity index (χ0v) is 10.1. The number of phenolic OH excluding ortho intramolecular Hbond substituents is 1. The molecule has 0 saturated carbocycles. The highest BCUT2D eigenvalue weighted by Gasteiger charge is 2.28. The summed E-state index contributed by atoms with van der Waals surface area (Å²) in [4.78, 5) is 1.35. The fourth-order valence-corrected chi connectivity index (χ4v) is 4.33. The van der Waals surface area contributed by atoms with Gasteiger partial charge in [0.1, 0.15) is 11.5 Å². The Morgan fingerprint density at radius 1 is 1.27 bits per heavy atom. The molecule has 2 rings (SSSR count). The van der Waals surface area contributed by atoms with E-state index in [0.717, 1.165) is 5.56 Å². The summed E-state index contributed by atoms with van der Waals surface area (Å²) in [6.07, 6.45) is 2.68. The molecule has 1 saturated heterocycles. The van der Waals surface area contributed by atoms with Crippen LogP contribution in [0.3, 0.4) is 0 Å². The van der Waals surface area contributed by atoms with Gasteiger partial charge in [0.15, 0.2) is 16.4 Å². The number of ether oxygens (including phenoxy) is 1. The Hall–Kier alpha value is -0.830. The van der Waals surface area contributed by atoms with Crippen LogP contribution in [0.1, 0.15) is 18.4 Å². The standard InChI is InChI=1S/C12H16O2S/c1-9-7-10(15-5-3-4-6-15)8-11(14-2)12(9)13/h7-8H,3-6H2,1-2H3/p+1. The van der Waals surface area contributed by atoms with Crippen LogP contribution in [0.25, 0.3) is 0 Å². The first-order chi connectivity index (χ1) is 7.22. The van der Waals surface area contributed by atoms with Crippen molar-refractivity contribution in [3.8, 4) is 11.5 Å². The van der Waals surface area contributed by atoms with Gasteiger partial charge in [-0.2, -0.15) is 0 Å². The molecule has 0 aromatic heterocycles. The second-order valence-corrected chi connectivity index (χ2v) is 6.17. The highest BCUT2D eigenvalue weighted by atomic mass is 32.2. The van der Waals surface area contributed by atoms with Crippen molar-refractivity contribution in [2.24, 2.45) is 0 Å². The number of benzene rings is 1. The number of hydrogen-bond acceptors (Lipinski definition) is 2. The topological polar surface area (TPSA) is 29.5 Å². The van der Waals surface area contributed by atoms with Gasteiger partial charge in [0.05, 0.1) is 7.11 Å². The molecule has 1 fully saturated rings. The van der Waals surface area contributed by atoms with Crippen LogP contribution in [0.2, 0.25) is 0 Å². The number of aromatic hydroxyl groups is 1. The normalized spacial score (nSPS) is 16.9. The van der Waals surface area contributed by atoms with Crippen LogP contribution >= 0.6 is 0 Å². The van der Waals surface area contributed by atoms with Gasteiger partial charge in [0.25, 0.3) is 0 Å². The van der Waals surface area contributed by atoms with Crippen LogP contribution in [-0.4, -0.2) is 23.7 Å². The van der Waals surface area contributed by atoms with E-state index in [9.17, 15) is 5.11 Å². The van der Waals surface area contributed by atoms with Gasteiger partial charge in [-0.3, -0.25) is 0 Å². The predicted molar refractivity (Wildman–Crippen MR) is 64.0 cm³/mol. The Kier molecular flexibility index (Phi) is 3.10. The molecule has 15 heavy (non-hydrogen) atoms. The van der Waals surface area contributed by atoms with Gasteiger partial charge in [-0.1, -0.05) is 0 Å². The highest BCUT2D eigenvalue weighted by molar-refractivity contribution is 7.97. The van der Waals surface area contributed by atoms with Gasteiger partial charge in [-0.25, -0.2) is 0 Å². The van der Waals surface area contributed by atoms with Crippen molar-refractivity contribution in [3.63, 3.8) is 0 Å². The fourth-order valence-electron chi connectivity index (χ4n) is 1.93. The molecule has 1 aromatic carbocycles. The molecule has 0 unspecified atom stereocenters. The molecule has 1 heterocycles. The minimum atomic E-state index is 0.282. The Morgan fingerprint density at radius 2 is 1.93 bits per heavy atom. The summed E-state index contributed by atoms with van der Waals surface area (Å²) in [5.41, 5.74) is 0.920. The lowest BCUT2D eigenvalue weighted by Gasteiger charge is -2.08. The van der Waals surface area contributed by atoms with E-state index >= 15 is 0 Å². The molecule has 82 valence electrons. The Balaban J connectivity index is 2.35. The maximum Gasteiger partial charge on any atom is 0.165 e. The van der Waals surface area contributed by atoms with Crippen LogP contribution in [-0.2, 0) is 10.9 Å². The first kappa shape index (κ1) is 10.7. The Morgan fingerprint density at radius 3 is 2.53 bits per heavy atom. The molecule has 0 atom stereocenters. The number of aryl methyl sites for hydroxylation is 1. The number of hydrogen-bond donors (Lipinski definition) is 1. The lowest BCUT2D eigenvalue weighted by Crippen LogP contribution is -2.04. The first-order valence-electron chi connectivity index (χ1n) is 5.27. The van der Waals surface area contributed by atoms with Crippen molar-refractivity contribution in [2.75, 3.05) is 18.6 Å². The summed E-state index contributed by atoms with van der Waals surface area (Å²) in [5, 5.41) is 9.74. The van der Waals surface area contributed by atoms with Crippen LogP contribution < -0.4 is 4.74 Å². The molecule has 1 N–H and O–H groups in total. The van der Waals surface area contributed by atoms with Crippen LogP contribution in [0.5, 0.6) is 11.5 Å². The van der Waals surface area contributed by atoms with Gasteiger partial charge in [-0.05, 0) is 25.3 Å². The zero-order valence-electron chi connectivity index (χ0n) is 9.25. The first-order valence-corrected chi connectivity index (χ1v) is 6.84. The number of rotatable bonds is 2. The van der Waals surface area contributed by atoms with E-state index in [1.807, 2.05) is 13.0 Å². The average molecular weight is 225 g/mol. The molecule has 0 amide bonds. The van der Waals surface area contributed by atoms with E-state index in [-0.39, 0.29) is 5.75 Å². The lowest BCUT2D eigenvalue weighted by molar-refractivity contribution is 0.370. The summed E-state index contributed by atoms with van der Waals surface area (Å²) in [5.74, 6) is 3.49. The summed E-state index contributed by atoms with van der Waals surface area (Å²) in [6.45, 7) is 1.93. The summed E-state index contributed by atoms with van der Waals surface area (Å²) < 4.78 is 5.18. The molecule has 1 aromatic rings. The maximum absolute atomic E-state index is 9.74. The summed E-state index contributed by atoms with van der Waals surface area (Å²) in [7, 11) is 1.99. The van der Waals surface area contributed by atoms with E-state index in [4.69, 9.17) is 4.74 Å². The molecule has 2 nitrogen and oxygen atoms in total. The fraction of sp³-hybridized carbons (Fsp3) is 0.500. The number of methoxy groups -OCH3 is 1. The second-order valence-electron chi connectivity index (χ2n) is 3.90. The molecular formula is C12H17O2S+. The van der Waals surface area contributed by atoms with Crippen LogP contribution in [0.4, 0.5) is 0 Å². The molecular weight excluding hydrogens is 208 g/mol. The van der Waals surface area contributed by atoms with E-state index < -0.39 is 0 Å². The van der Waals surface area contributed by atoms with E-state index in [1.165, 1.54) is 29.2 Å². The second kappa shape index (κ2) is 4.35. The van der Waals surface area contributed by atoms with Gasteiger partial charge < -0.3 is 9.84 Å². The van der Waals surface area contributed by atoms with Crippen LogP contribution in [0, 0.1) is 6.92 Å². The van der Waals surface area contributed by atoms with Crippen molar-refractivity contribution in [3.05, 3.63) is 17.7 Å². The van der Waals surface area contributed by atoms with Crippen molar-refractivity contribution >= 4 is 10.9 Å². The molecule has 0 spiro atoms. The third-order valence-electron chi connectivity index (χ3n) is 2.82. The van der Waals surface area contributed by atoms with Crippen molar-refractivity contribution < 1.29 is 9.84 Å². The average Bonchev–Trinajstić information content (AvgIpc) is 2.75. The molecule has 0 radical (unpaired) electrons. The monoisotopic (exact) mass is 225 g/mol. The quantitative estimate of drug-likeness (QED) is 0.784. The Labute approximate surface area is 93.6 Å². The van der Waals surface area contributed by atoms with Crippen molar-refractivity contribution in [1.29, 1.82) is 0 Å². The largest absolute Gasteiger partial charge is 0.504 e. The van der Waals surface area contributed by atoms with Crippen molar-refractivity contribution in [1.82, 2.24) is 0 Å². The van der Waals surface area contributed by atoms with Gasteiger partial charge >= 0.3 is 0 Å². The SMILES string of the molecule is COc1cc([S+]2CCCC2)cc(C)c1O. The maximum atomic E-state index is 9.74. The third kappa shape index (κ3) is 2.07. The summed E-state index contributed by atoms with van der Waals surface area (Å²) >= 11 is 0. The predicted octanol–water partition coefficient (Wildman–Crippen LogP) is 2.48. The van der Waals surface area contributed by atoms with E-state index in [2.05, 4.69) is 6.07 Å². The van der Waals surface area contributed by atoms with Crippen LogP contribution in [0.15, 0.2) is 17.0 Å². The third-order valence-corrected chi connectivity index (χ3v) is 5.29. The zero-order chi connectivity index (χ0) is 10.8. The molecule has 1 aliphatic heterocycles. The molecule has 3 heteroatoms. The molecule has 0 aliphatic carbocycles. The van der Waals surface area contributed by atoms with Gasteiger partial charge in [0, 0.05) is 23.0 Å².